The topological polar surface area (TPSA) is 84.2 Å². The van der Waals surface area contributed by atoms with Crippen molar-refractivity contribution in [3.8, 4) is 0 Å². The molecule has 0 saturated heterocycles. The number of anilines is 1. The zero-order valence-electron chi connectivity index (χ0n) is 13.9. The van der Waals surface area contributed by atoms with Gasteiger partial charge in [-0.3, -0.25) is 4.79 Å². The van der Waals surface area contributed by atoms with Crippen LogP contribution in [0.4, 0.5) is 10.5 Å². The van der Waals surface area contributed by atoms with Gasteiger partial charge in [0.1, 0.15) is 6.04 Å². The van der Waals surface area contributed by atoms with Gasteiger partial charge in [-0.15, -0.1) is 0 Å². The number of benzene rings is 1. The number of amides is 3. The van der Waals surface area contributed by atoms with Crippen molar-refractivity contribution in [1.29, 1.82) is 0 Å². The number of hydrogen-bond acceptors (Lipinski definition) is 3. The standard InChI is InChI=1S/C17H27N3O2S/c1-3-4-5-6-13-7-9-14(10-8-13)19-16(21)15(11-12-23-2)20-17(18)22/h7-10,15H,3-6,11-12H2,1-2H3,(H,19,21)(H3,18,20,22). The normalized spacial score (nSPS) is 11.7. The Labute approximate surface area is 142 Å². The molecule has 1 aromatic carbocycles. The molecule has 1 aromatic rings. The number of carbonyl (C=O) groups is 2. The van der Waals surface area contributed by atoms with Crippen LogP contribution < -0.4 is 16.4 Å². The van der Waals surface area contributed by atoms with Crippen LogP contribution in [0.2, 0.25) is 0 Å². The number of aryl methyl sites for hydroxylation is 1. The van der Waals surface area contributed by atoms with E-state index < -0.39 is 12.1 Å². The van der Waals surface area contributed by atoms with Crippen LogP contribution in [0.3, 0.4) is 0 Å². The molecule has 0 aliphatic heterocycles. The highest BCUT2D eigenvalue weighted by molar-refractivity contribution is 7.98. The van der Waals surface area contributed by atoms with Crippen LogP contribution in [-0.2, 0) is 11.2 Å². The quantitative estimate of drug-likeness (QED) is 0.573. The lowest BCUT2D eigenvalue weighted by atomic mass is 10.1. The summed E-state index contributed by atoms with van der Waals surface area (Å²) in [6.45, 7) is 2.19. The van der Waals surface area contributed by atoms with Gasteiger partial charge in [0.15, 0.2) is 0 Å². The number of carbonyl (C=O) groups excluding carboxylic acids is 2. The second kappa shape index (κ2) is 10.9. The molecule has 0 aromatic heterocycles. The average Bonchev–Trinajstić information content (AvgIpc) is 2.53. The number of thioether (sulfide) groups is 1. The van der Waals surface area contributed by atoms with Crippen LogP contribution in [0, 0.1) is 0 Å². The second-order valence-corrected chi connectivity index (χ2v) is 6.47. The Kier molecular flexibility index (Phi) is 9.21. The maximum Gasteiger partial charge on any atom is 0.312 e. The molecule has 5 nitrogen and oxygen atoms in total. The summed E-state index contributed by atoms with van der Waals surface area (Å²) in [5, 5.41) is 5.33. The summed E-state index contributed by atoms with van der Waals surface area (Å²) in [4.78, 5) is 23.3. The van der Waals surface area contributed by atoms with E-state index in [1.165, 1.54) is 24.8 Å². The molecule has 0 aliphatic rings. The van der Waals surface area contributed by atoms with Crippen molar-refractivity contribution in [3.05, 3.63) is 29.8 Å². The molecule has 6 heteroatoms. The molecule has 0 heterocycles. The molecule has 1 atom stereocenters. The number of hydrogen-bond donors (Lipinski definition) is 3. The van der Waals surface area contributed by atoms with Gasteiger partial charge in [-0.2, -0.15) is 11.8 Å². The van der Waals surface area contributed by atoms with Gasteiger partial charge in [-0.25, -0.2) is 4.79 Å². The molecule has 0 radical (unpaired) electrons. The molecule has 0 saturated carbocycles. The number of primary amides is 1. The molecule has 0 aliphatic carbocycles. The van der Waals surface area contributed by atoms with Crippen LogP contribution in [-0.4, -0.2) is 30.0 Å². The maximum atomic E-state index is 12.3. The van der Waals surface area contributed by atoms with Gasteiger partial charge >= 0.3 is 6.03 Å². The first-order valence-corrected chi connectivity index (χ1v) is 9.41. The highest BCUT2D eigenvalue weighted by Gasteiger charge is 2.19. The fourth-order valence-electron chi connectivity index (χ4n) is 2.24. The Balaban J connectivity index is 2.57. The van der Waals surface area contributed by atoms with E-state index in [-0.39, 0.29) is 5.91 Å². The monoisotopic (exact) mass is 337 g/mol. The van der Waals surface area contributed by atoms with E-state index in [1.54, 1.807) is 11.8 Å². The minimum Gasteiger partial charge on any atom is -0.352 e. The third-order valence-corrected chi connectivity index (χ3v) is 4.18. The van der Waals surface area contributed by atoms with Crippen LogP contribution in [0.5, 0.6) is 0 Å². The highest BCUT2D eigenvalue weighted by atomic mass is 32.2. The highest BCUT2D eigenvalue weighted by Crippen LogP contribution is 2.13. The van der Waals surface area contributed by atoms with Crippen molar-refractivity contribution < 1.29 is 9.59 Å². The van der Waals surface area contributed by atoms with Crippen LogP contribution >= 0.6 is 11.8 Å². The smallest absolute Gasteiger partial charge is 0.312 e. The Morgan fingerprint density at radius 2 is 1.91 bits per heavy atom. The Morgan fingerprint density at radius 3 is 2.48 bits per heavy atom. The predicted octanol–water partition coefficient (Wildman–Crippen LogP) is 3.15. The minimum absolute atomic E-state index is 0.239. The average molecular weight is 337 g/mol. The van der Waals surface area contributed by atoms with E-state index >= 15 is 0 Å². The summed E-state index contributed by atoms with van der Waals surface area (Å²) in [6, 6.07) is 6.57. The van der Waals surface area contributed by atoms with Crippen LogP contribution in [0.25, 0.3) is 0 Å². The van der Waals surface area contributed by atoms with Gasteiger partial charge in [-0.1, -0.05) is 31.9 Å². The summed E-state index contributed by atoms with van der Waals surface area (Å²) < 4.78 is 0. The fourth-order valence-corrected chi connectivity index (χ4v) is 2.71. The van der Waals surface area contributed by atoms with E-state index in [1.807, 2.05) is 30.5 Å². The third kappa shape index (κ3) is 7.93. The lowest BCUT2D eigenvalue weighted by molar-refractivity contribution is -0.117. The molecule has 23 heavy (non-hydrogen) atoms. The molecular formula is C17H27N3O2S. The Hall–Kier alpha value is -1.69. The van der Waals surface area contributed by atoms with Gasteiger partial charge in [0.2, 0.25) is 5.91 Å². The van der Waals surface area contributed by atoms with Crippen molar-refractivity contribution >= 4 is 29.4 Å². The molecule has 4 N–H and O–H groups in total. The second-order valence-electron chi connectivity index (χ2n) is 5.49. The molecule has 0 fully saturated rings. The molecule has 0 bridgehead atoms. The van der Waals surface area contributed by atoms with Crippen LogP contribution in [0.15, 0.2) is 24.3 Å². The largest absolute Gasteiger partial charge is 0.352 e. The number of nitrogens with two attached hydrogens (primary N) is 1. The predicted molar refractivity (Wildman–Crippen MR) is 97.8 cm³/mol. The first-order valence-electron chi connectivity index (χ1n) is 8.01. The summed E-state index contributed by atoms with van der Waals surface area (Å²) in [7, 11) is 0. The van der Waals surface area contributed by atoms with Gasteiger partial charge < -0.3 is 16.4 Å². The SMILES string of the molecule is CCCCCc1ccc(NC(=O)C(CCSC)NC(N)=O)cc1. The third-order valence-electron chi connectivity index (χ3n) is 3.53. The molecule has 3 amide bonds. The van der Waals surface area contributed by atoms with E-state index in [4.69, 9.17) is 5.73 Å². The Bertz CT molecular complexity index is 491. The van der Waals surface area contributed by atoms with Gasteiger partial charge in [0, 0.05) is 5.69 Å². The van der Waals surface area contributed by atoms with Gasteiger partial charge in [0.25, 0.3) is 0 Å². The molecule has 128 valence electrons. The van der Waals surface area contributed by atoms with E-state index in [2.05, 4.69) is 17.6 Å². The van der Waals surface area contributed by atoms with Crippen molar-refractivity contribution in [2.75, 3.05) is 17.3 Å². The first kappa shape index (κ1) is 19.4. The lowest BCUT2D eigenvalue weighted by Gasteiger charge is -2.17. The number of nitrogens with one attached hydrogen (secondary N) is 2. The Morgan fingerprint density at radius 1 is 1.22 bits per heavy atom. The molecule has 1 rings (SSSR count). The zero-order valence-corrected chi connectivity index (χ0v) is 14.7. The lowest BCUT2D eigenvalue weighted by Crippen LogP contribution is -2.46. The summed E-state index contributed by atoms with van der Waals surface area (Å²) in [6.07, 6.45) is 7.18. The molecule has 1 unspecified atom stereocenters. The van der Waals surface area contributed by atoms with Gasteiger partial charge in [0.05, 0.1) is 0 Å². The first-order chi connectivity index (χ1) is 11.1. The van der Waals surface area contributed by atoms with E-state index in [0.29, 0.717) is 6.42 Å². The number of urea groups is 1. The number of unbranched alkanes of at least 4 members (excludes halogenated alkanes) is 2. The summed E-state index contributed by atoms with van der Waals surface area (Å²) >= 11 is 1.62. The minimum atomic E-state index is -0.683. The van der Waals surface area contributed by atoms with Crippen molar-refractivity contribution in [1.82, 2.24) is 5.32 Å². The molecular weight excluding hydrogens is 310 g/mol. The maximum absolute atomic E-state index is 12.3. The van der Waals surface area contributed by atoms with E-state index in [0.717, 1.165) is 17.9 Å². The van der Waals surface area contributed by atoms with Crippen molar-refractivity contribution in [2.24, 2.45) is 5.73 Å². The van der Waals surface area contributed by atoms with Crippen molar-refractivity contribution in [2.45, 2.75) is 45.1 Å². The number of rotatable bonds is 10. The summed E-state index contributed by atoms with van der Waals surface area (Å²) in [5.41, 5.74) is 7.14. The fraction of sp³-hybridized carbons (Fsp3) is 0.529. The van der Waals surface area contributed by atoms with E-state index in [9.17, 15) is 9.59 Å². The van der Waals surface area contributed by atoms with Gasteiger partial charge in [-0.05, 0) is 49.0 Å². The van der Waals surface area contributed by atoms with Crippen LogP contribution in [0.1, 0.15) is 38.2 Å². The zero-order chi connectivity index (χ0) is 17.1. The summed E-state index contributed by atoms with van der Waals surface area (Å²) in [5.74, 6) is 0.533. The molecule has 0 spiro atoms. The van der Waals surface area contributed by atoms with Crippen molar-refractivity contribution in [3.63, 3.8) is 0 Å².